The predicted molar refractivity (Wildman–Crippen MR) is 70.9 cm³/mol. The summed E-state index contributed by atoms with van der Waals surface area (Å²) in [5.41, 5.74) is 0. The molecule has 96 valence electrons. The maximum absolute atomic E-state index is 3.21. The fourth-order valence-electron chi connectivity index (χ4n) is 2.59. The molecule has 1 aliphatic heterocycles. The van der Waals surface area contributed by atoms with Gasteiger partial charge >= 0.3 is 0 Å². The first kappa shape index (κ1) is 13.9. The largest absolute Gasteiger partial charge is 0.320 e. The van der Waals surface area contributed by atoms with Gasteiger partial charge in [-0.1, -0.05) is 6.92 Å². The number of rotatable bonds is 7. The summed E-state index contributed by atoms with van der Waals surface area (Å²) >= 11 is 0. The fourth-order valence-corrected chi connectivity index (χ4v) is 2.59. The lowest BCUT2D eigenvalue weighted by atomic mass is 10.0. The van der Waals surface area contributed by atoms with Gasteiger partial charge in [0.15, 0.2) is 0 Å². The Morgan fingerprint density at radius 1 is 1.31 bits per heavy atom. The monoisotopic (exact) mass is 227 g/mol. The second-order valence-corrected chi connectivity index (χ2v) is 5.01. The van der Waals surface area contributed by atoms with Gasteiger partial charge in [0.1, 0.15) is 0 Å². The highest BCUT2D eigenvalue weighted by atomic mass is 15.2. The maximum atomic E-state index is 3.21. The van der Waals surface area contributed by atoms with Gasteiger partial charge in [-0.3, -0.25) is 0 Å². The molecule has 0 saturated carbocycles. The smallest absolute Gasteiger partial charge is 0.0117 e. The molecule has 1 heterocycles. The Morgan fingerprint density at radius 3 is 2.56 bits per heavy atom. The van der Waals surface area contributed by atoms with Gasteiger partial charge in [-0.2, -0.15) is 0 Å². The van der Waals surface area contributed by atoms with Crippen molar-refractivity contribution in [3.8, 4) is 0 Å². The van der Waals surface area contributed by atoms with Crippen molar-refractivity contribution < 1.29 is 0 Å². The Hall–Kier alpha value is -0.120. The van der Waals surface area contributed by atoms with Crippen molar-refractivity contribution in [2.45, 2.75) is 38.6 Å². The van der Waals surface area contributed by atoms with Gasteiger partial charge in [0, 0.05) is 6.04 Å². The summed E-state index contributed by atoms with van der Waals surface area (Å²) < 4.78 is 0. The Kier molecular flexibility index (Phi) is 7.01. The number of piperidine rings is 1. The van der Waals surface area contributed by atoms with Crippen molar-refractivity contribution in [1.82, 2.24) is 15.1 Å². The molecule has 1 N–H and O–H groups in total. The molecular formula is C13H29N3. The first-order valence-electron chi connectivity index (χ1n) is 6.85. The quantitative estimate of drug-likeness (QED) is 0.663. The van der Waals surface area contributed by atoms with E-state index in [0.717, 1.165) is 12.6 Å². The van der Waals surface area contributed by atoms with Crippen LogP contribution in [-0.4, -0.2) is 62.7 Å². The summed E-state index contributed by atoms with van der Waals surface area (Å²) in [6, 6.07) is 0.824. The zero-order valence-corrected chi connectivity index (χ0v) is 11.3. The molecule has 0 aliphatic carbocycles. The average molecular weight is 227 g/mol. The molecule has 0 aromatic carbocycles. The Labute approximate surface area is 101 Å². The van der Waals surface area contributed by atoms with Gasteiger partial charge < -0.3 is 15.1 Å². The van der Waals surface area contributed by atoms with Crippen LogP contribution in [0, 0.1) is 0 Å². The summed E-state index contributed by atoms with van der Waals surface area (Å²) in [7, 11) is 4.32. The molecular weight excluding hydrogens is 198 g/mol. The molecule has 1 rings (SSSR count). The molecule has 0 bridgehead atoms. The molecule has 0 radical (unpaired) electrons. The predicted octanol–water partition coefficient (Wildman–Crippen LogP) is 1.40. The van der Waals surface area contributed by atoms with E-state index >= 15 is 0 Å². The summed E-state index contributed by atoms with van der Waals surface area (Å²) in [5.74, 6) is 0. The molecule has 0 aromatic rings. The van der Waals surface area contributed by atoms with Crippen molar-refractivity contribution in [3.63, 3.8) is 0 Å². The van der Waals surface area contributed by atoms with Crippen LogP contribution >= 0.6 is 0 Å². The van der Waals surface area contributed by atoms with Crippen molar-refractivity contribution in [2.75, 3.05) is 46.8 Å². The topological polar surface area (TPSA) is 18.5 Å². The standard InChI is InChI=1S/C13H29N3/c1-4-9-16-11-6-13(7-12-16)15(3)10-5-8-14-2/h13-14H,4-12H2,1-3H3. The lowest BCUT2D eigenvalue weighted by molar-refractivity contribution is 0.127. The minimum atomic E-state index is 0.824. The number of nitrogens with one attached hydrogen (secondary N) is 1. The van der Waals surface area contributed by atoms with Crippen LogP contribution in [0.3, 0.4) is 0 Å². The van der Waals surface area contributed by atoms with Crippen molar-refractivity contribution in [1.29, 1.82) is 0 Å². The SMILES string of the molecule is CCCN1CCC(N(C)CCCNC)CC1. The third kappa shape index (κ3) is 4.81. The Bertz CT molecular complexity index is 165. The second kappa shape index (κ2) is 8.04. The van der Waals surface area contributed by atoms with Crippen LogP contribution in [0.1, 0.15) is 32.6 Å². The number of hydrogen-bond acceptors (Lipinski definition) is 3. The first-order chi connectivity index (χ1) is 7.77. The van der Waals surface area contributed by atoms with Crippen molar-refractivity contribution >= 4 is 0 Å². The van der Waals surface area contributed by atoms with Gasteiger partial charge in [0.05, 0.1) is 0 Å². The molecule has 1 fully saturated rings. The number of hydrogen-bond donors (Lipinski definition) is 1. The summed E-state index contributed by atoms with van der Waals surface area (Å²) in [6.45, 7) is 8.54. The van der Waals surface area contributed by atoms with E-state index < -0.39 is 0 Å². The minimum Gasteiger partial charge on any atom is -0.320 e. The van der Waals surface area contributed by atoms with Crippen LogP contribution in [0.4, 0.5) is 0 Å². The molecule has 1 aliphatic rings. The maximum Gasteiger partial charge on any atom is 0.0117 e. The van der Waals surface area contributed by atoms with Gasteiger partial charge in [0.2, 0.25) is 0 Å². The molecule has 0 aromatic heterocycles. The Balaban J connectivity index is 2.14. The van der Waals surface area contributed by atoms with E-state index in [-0.39, 0.29) is 0 Å². The first-order valence-corrected chi connectivity index (χ1v) is 6.85. The molecule has 0 atom stereocenters. The number of nitrogens with zero attached hydrogens (tertiary/aromatic N) is 2. The van der Waals surface area contributed by atoms with E-state index in [9.17, 15) is 0 Å². The average Bonchev–Trinajstić information content (AvgIpc) is 2.30. The van der Waals surface area contributed by atoms with E-state index in [1.54, 1.807) is 0 Å². The lowest BCUT2D eigenvalue weighted by Crippen LogP contribution is -2.44. The third-order valence-corrected chi connectivity index (χ3v) is 3.66. The highest BCUT2D eigenvalue weighted by molar-refractivity contribution is 4.78. The molecule has 0 unspecified atom stereocenters. The van der Waals surface area contributed by atoms with E-state index in [4.69, 9.17) is 0 Å². The van der Waals surface area contributed by atoms with Gasteiger partial charge in [-0.25, -0.2) is 0 Å². The molecule has 0 amide bonds. The highest BCUT2D eigenvalue weighted by Crippen LogP contribution is 2.15. The van der Waals surface area contributed by atoms with E-state index in [1.165, 1.54) is 51.9 Å². The molecule has 3 heteroatoms. The fraction of sp³-hybridized carbons (Fsp3) is 1.00. The zero-order valence-electron chi connectivity index (χ0n) is 11.3. The lowest BCUT2D eigenvalue weighted by Gasteiger charge is -2.36. The van der Waals surface area contributed by atoms with Gasteiger partial charge in [-0.05, 0) is 72.5 Å². The van der Waals surface area contributed by atoms with E-state index in [0.29, 0.717) is 0 Å². The van der Waals surface area contributed by atoms with E-state index in [2.05, 4.69) is 29.1 Å². The normalized spacial score (nSPS) is 19.5. The molecule has 3 nitrogen and oxygen atoms in total. The molecule has 0 spiro atoms. The second-order valence-electron chi connectivity index (χ2n) is 5.01. The van der Waals surface area contributed by atoms with Crippen LogP contribution in [0.5, 0.6) is 0 Å². The van der Waals surface area contributed by atoms with Gasteiger partial charge in [0.25, 0.3) is 0 Å². The van der Waals surface area contributed by atoms with Crippen LogP contribution in [0.15, 0.2) is 0 Å². The van der Waals surface area contributed by atoms with Crippen molar-refractivity contribution in [3.05, 3.63) is 0 Å². The molecule has 16 heavy (non-hydrogen) atoms. The van der Waals surface area contributed by atoms with Crippen LogP contribution in [0.2, 0.25) is 0 Å². The highest BCUT2D eigenvalue weighted by Gasteiger charge is 2.21. The van der Waals surface area contributed by atoms with Crippen LogP contribution in [-0.2, 0) is 0 Å². The summed E-state index contributed by atoms with van der Waals surface area (Å²) in [6.07, 6.45) is 5.27. The van der Waals surface area contributed by atoms with Crippen LogP contribution < -0.4 is 5.32 Å². The molecule has 1 saturated heterocycles. The van der Waals surface area contributed by atoms with Gasteiger partial charge in [-0.15, -0.1) is 0 Å². The minimum absolute atomic E-state index is 0.824. The van der Waals surface area contributed by atoms with E-state index in [1.807, 2.05) is 7.05 Å². The summed E-state index contributed by atoms with van der Waals surface area (Å²) in [5, 5.41) is 3.21. The Morgan fingerprint density at radius 2 is 2.00 bits per heavy atom. The van der Waals surface area contributed by atoms with Crippen LogP contribution in [0.25, 0.3) is 0 Å². The number of likely N-dealkylation sites (tertiary alicyclic amines) is 1. The van der Waals surface area contributed by atoms with Crippen molar-refractivity contribution in [2.24, 2.45) is 0 Å². The zero-order chi connectivity index (χ0) is 11.8. The third-order valence-electron chi connectivity index (χ3n) is 3.66. The summed E-state index contributed by atoms with van der Waals surface area (Å²) in [4.78, 5) is 5.17.